The van der Waals surface area contributed by atoms with E-state index in [0.29, 0.717) is 6.42 Å². The Labute approximate surface area is 240 Å². The highest BCUT2D eigenvalue weighted by Crippen LogP contribution is 2.35. The molecule has 0 heterocycles. The van der Waals surface area contributed by atoms with Crippen molar-refractivity contribution in [1.29, 1.82) is 0 Å². The van der Waals surface area contributed by atoms with Gasteiger partial charge in [-0.05, 0) is 19.3 Å². The summed E-state index contributed by atoms with van der Waals surface area (Å²) < 4.78 is 15.8. The predicted molar refractivity (Wildman–Crippen MR) is 163 cm³/mol. The first-order valence-corrected chi connectivity index (χ1v) is 17.7. The highest BCUT2D eigenvalue weighted by atomic mass is 31.2. The molecule has 0 aromatic rings. The van der Waals surface area contributed by atoms with E-state index in [2.05, 4.69) is 23.7 Å². The molecule has 0 rings (SSSR count). The van der Waals surface area contributed by atoms with Crippen LogP contribution < -0.4 is 5.32 Å². The molecule has 0 fully saturated rings. The highest BCUT2D eigenvalue weighted by molar-refractivity contribution is 7.46. The van der Waals surface area contributed by atoms with E-state index in [1.165, 1.54) is 103 Å². The summed E-state index contributed by atoms with van der Waals surface area (Å²) in [5, 5.41) is 13.2. The number of phosphoric ester groups is 1. The number of phosphoric acid groups is 1. The highest BCUT2D eigenvalue weighted by Gasteiger charge is 2.24. The smallest absolute Gasteiger partial charge is 0.387 e. The number of rotatable bonds is 29. The van der Waals surface area contributed by atoms with Gasteiger partial charge in [-0.3, -0.25) is 9.32 Å². The molecule has 0 aromatic heterocycles. The van der Waals surface area contributed by atoms with E-state index in [1.807, 2.05) is 6.08 Å². The minimum Gasteiger partial charge on any atom is -0.387 e. The van der Waals surface area contributed by atoms with Gasteiger partial charge in [-0.25, -0.2) is 4.57 Å². The number of nitrogens with one attached hydrogen (secondary N) is 1. The number of unbranched alkanes of at least 4 members (excludes halogenated alkanes) is 20. The lowest BCUT2D eigenvalue weighted by atomic mass is 10.0. The maximum Gasteiger partial charge on any atom is 0.469 e. The zero-order valence-corrected chi connectivity index (χ0v) is 26.2. The first-order chi connectivity index (χ1) is 18.8. The normalized spacial score (nSPS) is 13.7. The molecule has 0 spiro atoms. The van der Waals surface area contributed by atoms with Crippen molar-refractivity contribution >= 4 is 13.7 Å². The van der Waals surface area contributed by atoms with Crippen LogP contribution in [0.2, 0.25) is 0 Å². The number of hydrogen-bond acceptors (Lipinski definition) is 4. The molecule has 0 aliphatic heterocycles. The molecule has 39 heavy (non-hydrogen) atoms. The molecule has 0 radical (unpaired) electrons. The van der Waals surface area contributed by atoms with Crippen molar-refractivity contribution in [3.8, 4) is 0 Å². The number of hydrogen-bond donors (Lipinski definition) is 4. The summed E-state index contributed by atoms with van der Waals surface area (Å²) in [4.78, 5) is 30.6. The summed E-state index contributed by atoms with van der Waals surface area (Å²) in [5.74, 6) is -0.229. The number of aliphatic hydroxyl groups excluding tert-OH is 1. The largest absolute Gasteiger partial charge is 0.469 e. The van der Waals surface area contributed by atoms with Crippen LogP contribution in [0.1, 0.15) is 162 Å². The number of allylic oxidation sites excluding steroid dienone is 1. The van der Waals surface area contributed by atoms with Gasteiger partial charge in [0, 0.05) is 6.42 Å². The molecule has 0 aliphatic rings. The fourth-order valence-electron chi connectivity index (χ4n) is 4.75. The zero-order valence-electron chi connectivity index (χ0n) is 25.3. The van der Waals surface area contributed by atoms with Crippen LogP contribution in [0.25, 0.3) is 0 Å². The molecule has 0 aromatic carbocycles. The lowest BCUT2D eigenvalue weighted by Crippen LogP contribution is -2.45. The molecule has 0 saturated heterocycles. The van der Waals surface area contributed by atoms with Crippen molar-refractivity contribution in [2.75, 3.05) is 6.61 Å². The zero-order chi connectivity index (χ0) is 29.0. The molecule has 4 N–H and O–H groups in total. The minimum absolute atomic E-state index is 0.229. The molecular weight excluding hydrogens is 513 g/mol. The van der Waals surface area contributed by atoms with Gasteiger partial charge < -0.3 is 20.2 Å². The second kappa shape index (κ2) is 27.4. The lowest BCUT2D eigenvalue weighted by Gasteiger charge is -2.22. The molecule has 232 valence electrons. The molecular formula is C31H62NO6P. The second-order valence-corrected chi connectivity index (χ2v) is 12.4. The number of amides is 1. The van der Waals surface area contributed by atoms with E-state index in [0.717, 1.165) is 38.5 Å². The van der Waals surface area contributed by atoms with Crippen LogP contribution in [-0.4, -0.2) is 39.6 Å². The molecule has 2 atom stereocenters. The van der Waals surface area contributed by atoms with Gasteiger partial charge in [-0.15, -0.1) is 0 Å². The lowest BCUT2D eigenvalue weighted by molar-refractivity contribution is -0.123. The Morgan fingerprint density at radius 3 is 1.56 bits per heavy atom. The van der Waals surface area contributed by atoms with Gasteiger partial charge in [-0.2, -0.15) is 0 Å². The molecule has 1 amide bonds. The van der Waals surface area contributed by atoms with Gasteiger partial charge in [0.05, 0.1) is 18.8 Å². The van der Waals surface area contributed by atoms with Crippen molar-refractivity contribution in [2.45, 2.75) is 174 Å². The van der Waals surface area contributed by atoms with E-state index in [9.17, 15) is 14.5 Å². The van der Waals surface area contributed by atoms with Gasteiger partial charge in [0.2, 0.25) is 5.91 Å². The Kier molecular flexibility index (Phi) is 26.9. The topological polar surface area (TPSA) is 116 Å². The average Bonchev–Trinajstić information content (AvgIpc) is 2.89. The van der Waals surface area contributed by atoms with Crippen molar-refractivity contribution in [1.82, 2.24) is 5.32 Å². The Balaban J connectivity index is 4.13. The molecule has 0 aliphatic carbocycles. The third-order valence-corrected chi connectivity index (χ3v) is 7.73. The summed E-state index contributed by atoms with van der Waals surface area (Å²) >= 11 is 0. The van der Waals surface area contributed by atoms with Gasteiger partial charge in [0.1, 0.15) is 0 Å². The fourth-order valence-corrected chi connectivity index (χ4v) is 5.11. The predicted octanol–water partition coefficient (Wildman–Crippen LogP) is 8.51. The summed E-state index contributed by atoms with van der Waals surface area (Å²) in [6.45, 7) is 4.02. The molecule has 8 heteroatoms. The summed E-state index contributed by atoms with van der Waals surface area (Å²) in [6, 6.07) is -0.901. The van der Waals surface area contributed by atoms with Gasteiger partial charge in [-0.1, -0.05) is 148 Å². The van der Waals surface area contributed by atoms with Crippen LogP contribution >= 0.6 is 7.82 Å². The fraction of sp³-hybridized carbons (Fsp3) is 0.903. The quantitative estimate of drug-likeness (QED) is 0.0404. The van der Waals surface area contributed by atoms with Gasteiger partial charge in [0.15, 0.2) is 0 Å². The van der Waals surface area contributed by atoms with Crippen LogP contribution in [-0.2, 0) is 13.9 Å². The summed E-state index contributed by atoms with van der Waals surface area (Å²) in [5.41, 5.74) is 0. The SMILES string of the molecule is CCCCCCCCCCC/C=C/[C@@H](O)[C@H](COP(=O)(O)O)NC(=O)CCCCCCCCCCCCCC. The van der Waals surface area contributed by atoms with Crippen molar-refractivity contribution in [3.05, 3.63) is 12.2 Å². The molecule has 0 saturated carbocycles. The van der Waals surface area contributed by atoms with Crippen LogP contribution in [0, 0.1) is 0 Å². The number of aliphatic hydroxyl groups is 1. The van der Waals surface area contributed by atoms with E-state index >= 15 is 0 Å². The number of carbonyl (C=O) groups excluding carboxylic acids is 1. The van der Waals surface area contributed by atoms with Crippen LogP contribution in [0.5, 0.6) is 0 Å². The first kappa shape index (κ1) is 38.3. The maximum atomic E-state index is 12.4. The van der Waals surface area contributed by atoms with E-state index < -0.39 is 26.6 Å². The van der Waals surface area contributed by atoms with Crippen molar-refractivity contribution < 1.29 is 28.8 Å². The first-order valence-electron chi connectivity index (χ1n) is 16.1. The van der Waals surface area contributed by atoms with Crippen molar-refractivity contribution in [3.63, 3.8) is 0 Å². The average molecular weight is 576 g/mol. The Morgan fingerprint density at radius 2 is 1.13 bits per heavy atom. The Bertz CT molecular complexity index is 624. The third-order valence-electron chi connectivity index (χ3n) is 7.25. The Hall–Kier alpha value is -0.720. The standard InChI is InChI=1S/C31H62NO6P/c1-3-5-7-9-11-13-15-17-19-21-23-25-27-31(34)32-29(28-38-39(35,36)37)30(33)26-24-22-20-18-16-14-12-10-8-6-4-2/h24,26,29-30,33H,3-23,25,27-28H2,1-2H3,(H,32,34)(H2,35,36,37)/b26-24+/t29-,30+/m0/s1. The van der Waals surface area contributed by atoms with Gasteiger partial charge >= 0.3 is 7.82 Å². The Morgan fingerprint density at radius 1 is 0.718 bits per heavy atom. The van der Waals surface area contributed by atoms with E-state index in [4.69, 9.17) is 9.79 Å². The molecule has 7 nitrogen and oxygen atoms in total. The summed E-state index contributed by atoms with van der Waals surface area (Å²) in [7, 11) is -4.70. The minimum atomic E-state index is -4.70. The maximum absolute atomic E-state index is 12.4. The van der Waals surface area contributed by atoms with Crippen LogP contribution in [0.4, 0.5) is 0 Å². The van der Waals surface area contributed by atoms with Crippen LogP contribution in [0.3, 0.4) is 0 Å². The molecule has 0 unspecified atom stereocenters. The molecule has 0 bridgehead atoms. The third kappa shape index (κ3) is 28.6. The van der Waals surface area contributed by atoms with E-state index in [-0.39, 0.29) is 5.91 Å². The van der Waals surface area contributed by atoms with E-state index in [1.54, 1.807) is 6.08 Å². The monoisotopic (exact) mass is 575 g/mol. The van der Waals surface area contributed by atoms with Gasteiger partial charge in [0.25, 0.3) is 0 Å². The summed E-state index contributed by atoms with van der Waals surface area (Å²) in [6.07, 6.45) is 29.4. The van der Waals surface area contributed by atoms with Crippen molar-refractivity contribution in [2.24, 2.45) is 0 Å². The number of carbonyl (C=O) groups is 1. The second-order valence-electron chi connectivity index (χ2n) is 11.1. The van der Waals surface area contributed by atoms with Crippen LogP contribution in [0.15, 0.2) is 12.2 Å².